The maximum Gasteiger partial charge on any atom is 0.419 e. The maximum atomic E-state index is 14.5. The lowest BCUT2D eigenvalue weighted by Gasteiger charge is -2.47. The van der Waals surface area contributed by atoms with Gasteiger partial charge in [0.2, 0.25) is 0 Å². The van der Waals surface area contributed by atoms with Crippen molar-refractivity contribution < 1.29 is 26.3 Å². The summed E-state index contributed by atoms with van der Waals surface area (Å²) in [6.07, 6.45) is 3.57. The van der Waals surface area contributed by atoms with Gasteiger partial charge >= 0.3 is 6.18 Å². The number of fused-ring (bicyclic) bond motifs is 3. The predicted octanol–water partition coefficient (Wildman–Crippen LogP) is 8.32. The Hall–Kier alpha value is -2.24. The molecule has 0 amide bonds. The minimum Gasteiger partial charge on any atom is -0.207 e. The highest BCUT2D eigenvalue weighted by Crippen LogP contribution is 2.55. The number of hydrogen-bond acceptors (Lipinski definition) is 0. The molecule has 2 aromatic carbocycles. The van der Waals surface area contributed by atoms with E-state index in [1.807, 2.05) is 13.0 Å². The first-order valence-electron chi connectivity index (χ1n) is 11.2. The van der Waals surface area contributed by atoms with E-state index in [-0.39, 0.29) is 23.7 Å². The molecule has 4 atom stereocenters. The molecule has 4 unspecified atom stereocenters. The summed E-state index contributed by atoms with van der Waals surface area (Å²) in [5.74, 6) is -2.49. The highest BCUT2D eigenvalue weighted by molar-refractivity contribution is 5.38. The smallest absolute Gasteiger partial charge is 0.207 e. The van der Waals surface area contributed by atoms with E-state index in [9.17, 15) is 26.3 Å². The summed E-state index contributed by atoms with van der Waals surface area (Å²) in [5.41, 5.74) is 0.494. The van der Waals surface area contributed by atoms with Crippen LogP contribution in [-0.2, 0) is 12.6 Å². The lowest BCUT2D eigenvalue weighted by Crippen LogP contribution is -2.35. The van der Waals surface area contributed by atoms with Crippen molar-refractivity contribution in [1.29, 1.82) is 0 Å². The Morgan fingerprint density at radius 1 is 0.969 bits per heavy atom. The highest BCUT2D eigenvalue weighted by atomic mass is 19.4. The summed E-state index contributed by atoms with van der Waals surface area (Å²) in [7, 11) is 0. The molecule has 2 aliphatic rings. The molecular formula is C26H26F6. The Morgan fingerprint density at radius 2 is 1.75 bits per heavy atom. The standard InChI is InChI=1S/C26H26F6/c1-2-3-4-5-15-6-8-18-20(10-9-19-21(18)13-17(27)14-23(19)28)25(15)16-7-11-22(24(29)12-16)26(30,31)32/h2-3,7,11-15,18,20,25H,4-6,8-10H2,1H3. The number of rotatable bonds is 4. The summed E-state index contributed by atoms with van der Waals surface area (Å²) >= 11 is 0. The fourth-order valence-corrected chi connectivity index (χ4v) is 5.97. The van der Waals surface area contributed by atoms with E-state index in [1.165, 1.54) is 12.1 Å². The summed E-state index contributed by atoms with van der Waals surface area (Å²) in [6, 6.07) is 5.56. The minimum atomic E-state index is -4.75. The molecule has 2 aromatic rings. The van der Waals surface area contributed by atoms with E-state index in [0.717, 1.165) is 43.9 Å². The van der Waals surface area contributed by atoms with Crippen molar-refractivity contribution in [2.24, 2.45) is 11.8 Å². The van der Waals surface area contributed by atoms with Crippen molar-refractivity contribution in [2.45, 2.75) is 63.5 Å². The Kier molecular flexibility index (Phi) is 6.42. The number of allylic oxidation sites excluding steroid dienone is 2. The van der Waals surface area contributed by atoms with E-state index in [1.54, 1.807) is 0 Å². The third-order valence-corrected chi connectivity index (χ3v) is 7.28. The fraction of sp³-hybridized carbons (Fsp3) is 0.462. The number of alkyl halides is 3. The first-order valence-corrected chi connectivity index (χ1v) is 11.2. The second-order valence-electron chi connectivity index (χ2n) is 9.01. The zero-order valence-electron chi connectivity index (χ0n) is 17.9. The molecular weight excluding hydrogens is 426 g/mol. The molecule has 0 aromatic heterocycles. The van der Waals surface area contributed by atoms with Gasteiger partial charge in [0, 0.05) is 6.07 Å². The van der Waals surface area contributed by atoms with Gasteiger partial charge < -0.3 is 0 Å². The van der Waals surface area contributed by atoms with Crippen LogP contribution in [-0.4, -0.2) is 0 Å². The third kappa shape index (κ3) is 4.33. The van der Waals surface area contributed by atoms with Crippen molar-refractivity contribution in [2.75, 3.05) is 0 Å². The average Bonchev–Trinajstić information content (AvgIpc) is 2.72. The molecule has 1 saturated carbocycles. The van der Waals surface area contributed by atoms with Crippen molar-refractivity contribution in [3.63, 3.8) is 0 Å². The summed E-state index contributed by atoms with van der Waals surface area (Å²) < 4.78 is 82.2. The first kappa shape index (κ1) is 22.9. The normalized spacial score (nSPS) is 25.6. The van der Waals surface area contributed by atoms with E-state index in [2.05, 4.69) is 6.08 Å². The summed E-state index contributed by atoms with van der Waals surface area (Å²) in [6.45, 7) is 1.93. The van der Waals surface area contributed by atoms with Crippen LogP contribution < -0.4 is 0 Å². The van der Waals surface area contributed by atoms with Gasteiger partial charge in [-0.1, -0.05) is 18.2 Å². The number of benzene rings is 2. The van der Waals surface area contributed by atoms with Crippen molar-refractivity contribution in [3.8, 4) is 0 Å². The van der Waals surface area contributed by atoms with Crippen LogP contribution in [0.1, 0.15) is 73.1 Å². The third-order valence-electron chi connectivity index (χ3n) is 7.28. The number of halogens is 6. The Bertz CT molecular complexity index is 1010. The van der Waals surface area contributed by atoms with Crippen molar-refractivity contribution in [1.82, 2.24) is 0 Å². The van der Waals surface area contributed by atoms with Crippen LogP contribution in [0.4, 0.5) is 26.3 Å². The van der Waals surface area contributed by atoms with E-state index >= 15 is 0 Å². The fourth-order valence-electron chi connectivity index (χ4n) is 5.97. The molecule has 0 radical (unpaired) electrons. The van der Waals surface area contributed by atoms with Gasteiger partial charge in [0.25, 0.3) is 0 Å². The van der Waals surface area contributed by atoms with Crippen LogP contribution in [0.3, 0.4) is 0 Å². The van der Waals surface area contributed by atoms with Crippen molar-refractivity contribution in [3.05, 3.63) is 82.2 Å². The molecule has 0 saturated heterocycles. The Morgan fingerprint density at radius 3 is 2.44 bits per heavy atom. The molecule has 0 N–H and O–H groups in total. The van der Waals surface area contributed by atoms with Gasteiger partial charge in [-0.2, -0.15) is 13.2 Å². The molecule has 0 heterocycles. The van der Waals surface area contributed by atoms with Crippen LogP contribution >= 0.6 is 0 Å². The van der Waals surface area contributed by atoms with E-state index in [4.69, 9.17) is 0 Å². The average molecular weight is 452 g/mol. The molecule has 0 spiro atoms. The van der Waals surface area contributed by atoms with Gasteiger partial charge in [-0.25, -0.2) is 13.2 Å². The molecule has 1 fully saturated rings. The molecule has 172 valence electrons. The monoisotopic (exact) mass is 452 g/mol. The lowest BCUT2D eigenvalue weighted by molar-refractivity contribution is -0.140. The first-order chi connectivity index (χ1) is 15.2. The van der Waals surface area contributed by atoms with Gasteiger partial charge in [0.15, 0.2) is 0 Å². The quantitative estimate of drug-likeness (QED) is 0.323. The van der Waals surface area contributed by atoms with Crippen LogP contribution in [0.5, 0.6) is 0 Å². The van der Waals surface area contributed by atoms with Gasteiger partial charge in [-0.05, 0) is 104 Å². The van der Waals surface area contributed by atoms with Crippen LogP contribution in [0.15, 0.2) is 42.5 Å². The zero-order valence-corrected chi connectivity index (χ0v) is 17.9. The number of hydrogen-bond donors (Lipinski definition) is 0. The summed E-state index contributed by atoms with van der Waals surface area (Å²) in [5, 5.41) is 0. The molecule has 0 aliphatic heterocycles. The van der Waals surface area contributed by atoms with E-state index in [0.29, 0.717) is 29.5 Å². The molecule has 4 rings (SSSR count). The molecule has 0 nitrogen and oxygen atoms in total. The van der Waals surface area contributed by atoms with Crippen molar-refractivity contribution >= 4 is 0 Å². The van der Waals surface area contributed by atoms with Crippen LogP contribution in [0.25, 0.3) is 0 Å². The second-order valence-corrected chi connectivity index (χ2v) is 9.01. The van der Waals surface area contributed by atoms with Gasteiger partial charge in [0.05, 0.1) is 5.56 Å². The van der Waals surface area contributed by atoms with Gasteiger partial charge in [-0.15, -0.1) is 0 Å². The van der Waals surface area contributed by atoms with Gasteiger partial charge in [0.1, 0.15) is 17.5 Å². The zero-order chi connectivity index (χ0) is 23.0. The topological polar surface area (TPSA) is 0 Å². The molecule has 32 heavy (non-hydrogen) atoms. The van der Waals surface area contributed by atoms with Gasteiger partial charge in [-0.3, -0.25) is 0 Å². The second kappa shape index (κ2) is 8.95. The highest BCUT2D eigenvalue weighted by Gasteiger charge is 2.44. The SMILES string of the molecule is CC=CCCC1CCC2c3cc(F)cc(F)c3CCC2C1c1ccc(C(F)(F)F)c(F)c1. The van der Waals surface area contributed by atoms with Crippen LogP contribution in [0, 0.1) is 29.3 Å². The lowest BCUT2D eigenvalue weighted by atomic mass is 9.57. The van der Waals surface area contributed by atoms with Crippen LogP contribution in [0.2, 0.25) is 0 Å². The Balaban J connectivity index is 1.74. The van der Waals surface area contributed by atoms with E-state index < -0.39 is 29.2 Å². The maximum absolute atomic E-state index is 14.5. The predicted molar refractivity (Wildman–Crippen MR) is 112 cm³/mol. The summed E-state index contributed by atoms with van der Waals surface area (Å²) in [4.78, 5) is 0. The largest absolute Gasteiger partial charge is 0.419 e. The molecule has 6 heteroatoms. The molecule has 2 aliphatic carbocycles. The molecule has 0 bridgehead atoms. The minimum absolute atomic E-state index is 0.00388. The Labute approximate surface area is 184 Å².